The first-order chi connectivity index (χ1) is 14.3. The summed E-state index contributed by atoms with van der Waals surface area (Å²) in [6, 6.07) is 15.3. The molecule has 0 amide bonds. The van der Waals surface area contributed by atoms with Crippen LogP contribution in [0.5, 0.6) is 0 Å². The molecule has 1 aliphatic rings. The van der Waals surface area contributed by atoms with Gasteiger partial charge in [-0.15, -0.1) is 12.2 Å². The molecule has 2 aromatic rings. The number of rotatable bonds is 8. The van der Waals surface area contributed by atoms with Gasteiger partial charge in [-0.3, -0.25) is 4.79 Å². The summed E-state index contributed by atoms with van der Waals surface area (Å²) in [6.07, 6.45) is -1.87. The molecule has 2 atom stereocenters. The third-order valence-corrected chi connectivity index (χ3v) is 6.35. The van der Waals surface area contributed by atoms with E-state index >= 15 is 0 Å². The van der Waals surface area contributed by atoms with E-state index in [9.17, 15) is 15.0 Å². The number of ether oxygens (including phenoxy) is 1. The molecule has 30 heavy (non-hydrogen) atoms. The molecule has 3 rings (SSSR count). The lowest BCUT2D eigenvalue weighted by Crippen LogP contribution is -2.63. The van der Waals surface area contributed by atoms with Crippen LogP contribution in [0.3, 0.4) is 0 Å². The van der Waals surface area contributed by atoms with E-state index in [1.807, 2.05) is 102 Å². The molecule has 0 aromatic heterocycles. The molecule has 1 fully saturated rings. The van der Waals surface area contributed by atoms with Crippen LogP contribution in [0, 0.1) is 0 Å². The number of esters is 1. The fourth-order valence-corrected chi connectivity index (χ4v) is 4.06. The minimum atomic E-state index is -0.936. The van der Waals surface area contributed by atoms with Gasteiger partial charge in [-0.2, -0.15) is 0 Å². The smallest absolute Gasteiger partial charge is 0.315 e. The number of carbonyl (C=O) groups excluding carboxylic acids is 1. The molecule has 0 aliphatic heterocycles. The molecule has 0 saturated heterocycles. The fourth-order valence-electron chi connectivity index (χ4n) is 3.84. The van der Waals surface area contributed by atoms with Gasteiger partial charge < -0.3 is 24.7 Å². The molecule has 6 nitrogen and oxygen atoms in total. The molecule has 0 radical (unpaired) electrons. The lowest BCUT2D eigenvalue weighted by atomic mass is 9.63. The Morgan fingerprint density at radius 2 is 1.37 bits per heavy atom. The SMILES string of the molecule is CN(C)c1ccc(C2C([O-])C(c3ccc(N(C)CCOC(=O)CI)cc3)C2[O-])cc1. The second-order valence-electron chi connectivity index (χ2n) is 7.83. The van der Waals surface area contributed by atoms with E-state index in [1.165, 1.54) is 0 Å². The van der Waals surface area contributed by atoms with Crippen molar-refractivity contribution in [2.75, 3.05) is 48.5 Å². The van der Waals surface area contributed by atoms with Gasteiger partial charge in [0.2, 0.25) is 0 Å². The molecule has 0 N–H and O–H groups in total. The summed E-state index contributed by atoms with van der Waals surface area (Å²) in [5.41, 5.74) is 3.62. The van der Waals surface area contributed by atoms with Gasteiger partial charge in [0.25, 0.3) is 0 Å². The maximum absolute atomic E-state index is 12.9. The van der Waals surface area contributed by atoms with Crippen LogP contribution >= 0.6 is 22.6 Å². The van der Waals surface area contributed by atoms with Gasteiger partial charge in [-0.25, -0.2) is 0 Å². The second kappa shape index (κ2) is 9.98. The Kier molecular flexibility index (Phi) is 7.60. The van der Waals surface area contributed by atoms with Crippen molar-refractivity contribution in [3.63, 3.8) is 0 Å². The second-order valence-corrected chi connectivity index (χ2v) is 8.60. The van der Waals surface area contributed by atoms with Crippen molar-refractivity contribution in [2.24, 2.45) is 0 Å². The Bertz CT molecular complexity index is 831. The van der Waals surface area contributed by atoms with Crippen molar-refractivity contribution in [1.82, 2.24) is 0 Å². The number of alkyl halides is 1. The Hall–Kier alpha value is -1.84. The lowest BCUT2D eigenvalue weighted by Gasteiger charge is -2.61. The van der Waals surface area contributed by atoms with E-state index in [0.29, 0.717) is 17.6 Å². The van der Waals surface area contributed by atoms with Crippen molar-refractivity contribution in [2.45, 2.75) is 24.0 Å². The molecule has 0 spiro atoms. The molecule has 1 aliphatic carbocycles. The standard InChI is InChI=1S/C23H27IN2O4/c1-25(2)17-8-4-15(5-9-17)20-22(28)21(23(20)29)16-6-10-18(11-7-16)26(3)12-13-30-19(27)14-24/h4-11,20-23H,12-14H2,1-3H3/q-2. The van der Waals surface area contributed by atoms with E-state index in [-0.39, 0.29) is 5.97 Å². The van der Waals surface area contributed by atoms with Crippen LogP contribution in [-0.2, 0) is 9.53 Å². The molecule has 162 valence electrons. The first kappa shape index (κ1) is 22.8. The Labute approximate surface area is 191 Å². The van der Waals surface area contributed by atoms with Crippen LogP contribution in [0.15, 0.2) is 48.5 Å². The van der Waals surface area contributed by atoms with E-state index in [2.05, 4.69) is 0 Å². The summed E-state index contributed by atoms with van der Waals surface area (Å²) >= 11 is 1.97. The summed E-state index contributed by atoms with van der Waals surface area (Å²) in [7, 11) is 5.83. The third kappa shape index (κ3) is 4.90. The molecule has 0 bridgehead atoms. The summed E-state index contributed by atoms with van der Waals surface area (Å²) in [5.74, 6) is -1.24. The Balaban J connectivity index is 1.61. The van der Waals surface area contributed by atoms with Gasteiger partial charge in [-0.05, 0) is 47.2 Å². The van der Waals surface area contributed by atoms with Crippen molar-refractivity contribution < 1.29 is 19.7 Å². The number of likely N-dealkylation sites (N-methyl/N-ethyl adjacent to an activating group) is 1. The summed E-state index contributed by atoms with van der Waals surface area (Å²) in [6.45, 7) is 0.896. The average Bonchev–Trinajstić information content (AvgIpc) is 2.74. The summed E-state index contributed by atoms with van der Waals surface area (Å²) < 4.78 is 5.44. The number of hydrogen-bond donors (Lipinski definition) is 0. The normalized spacial score (nSPS) is 22.9. The predicted molar refractivity (Wildman–Crippen MR) is 123 cm³/mol. The Morgan fingerprint density at radius 3 is 1.80 bits per heavy atom. The molecule has 2 unspecified atom stereocenters. The summed E-state index contributed by atoms with van der Waals surface area (Å²) in [4.78, 5) is 15.2. The largest absolute Gasteiger partial charge is 0.851 e. The van der Waals surface area contributed by atoms with E-state index in [4.69, 9.17) is 4.74 Å². The minimum absolute atomic E-state index is 0.224. The highest BCUT2D eigenvalue weighted by atomic mass is 127. The van der Waals surface area contributed by atoms with Gasteiger partial charge in [0.1, 0.15) is 6.61 Å². The van der Waals surface area contributed by atoms with Crippen LogP contribution < -0.4 is 20.0 Å². The highest BCUT2D eigenvalue weighted by molar-refractivity contribution is 14.1. The quantitative estimate of drug-likeness (QED) is 0.297. The van der Waals surface area contributed by atoms with E-state index in [0.717, 1.165) is 22.5 Å². The number of hydrogen-bond acceptors (Lipinski definition) is 6. The van der Waals surface area contributed by atoms with Crippen LogP contribution in [0.25, 0.3) is 0 Å². The monoisotopic (exact) mass is 522 g/mol. The molecule has 2 aromatic carbocycles. The topological polar surface area (TPSA) is 78.9 Å². The van der Waals surface area contributed by atoms with Gasteiger partial charge in [-0.1, -0.05) is 46.9 Å². The zero-order chi connectivity index (χ0) is 21.8. The number of carbonyl (C=O) groups is 1. The lowest BCUT2D eigenvalue weighted by molar-refractivity contribution is -0.536. The van der Waals surface area contributed by atoms with Crippen molar-refractivity contribution >= 4 is 39.9 Å². The zero-order valence-electron chi connectivity index (χ0n) is 17.5. The number of benzene rings is 2. The molecular formula is C23H27IN2O4-2. The van der Waals surface area contributed by atoms with Crippen LogP contribution in [-0.4, -0.2) is 56.9 Å². The molecule has 0 heterocycles. The van der Waals surface area contributed by atoms with Gasteiger partial charge in [0.15, 0.2) is 0 Å². The van der Waals surface area contributed by atoms with Crippen molar-refractivity contribution in [3.05, 3.63) is 59.7 Å². The third-order valence-electron chi connectivity index (χ3n) is 5.73. The molecule has 1 saturated carbocycles. The van der Waals surface area contributed by atoms with Crippen LogP contribution in [0.2, 0.25) is 0 Å². The van der Waals surface area contributed by atoms with Gasteiger partial charge in [0.05, 0.1) is 11.0 Å². The number of nitrogens with zero attached hydrogens (tertiary/aromatic N) is 2. The van der Waals surface area contributed by atoms with Crippen molar-refractivity contribution in [3.8, 4) is 0 Å². The maximum Gasteiger partial charge on any atom is 0.315 e. The minimum Gasteiger partial charge on any atom is -0.851 e. The highest BCUT2D eigenvalue weighted by Crippen LogP contribution is 2.45. The number of anilines is 2. The molecule has 7 heteroatoms. The van der Waals surface area contributed by atoms with Gasteiger partial charge >= 0.3 is 5.97 Å². The van der Waals surface area contributed by atoms with E-state index < -0.39 is 24.0 Å². The van der Waals surface area contributed by atoms with Crippen LogP contribution in [0.1, 0.15) is 23.0 Å². The predicted octanol–water partition coefficient (Wildman–Crippen LogP) is 1.51. The fraction of sp³-hybridized carbons (Fsp3) is 0.435. The highest BCUT2D eigenvalue weighted by Gasteiger charge is 2.38. The van der Waals surface area contributed by atoms with Crippen LogP contribution in [0.4, 0.5) is 11.4 Å². The zero-order valence-corrected chi connectivity index (χ0v) is 19.6. The molecular weight excluding hydrogens is 495 g/mol. The first-order valence-electron chi connectivity index (χ1n) is 9.95. The summed E-state index contributed by atoms with van der Waals surface area (Å²) in [5, 5.41) is 25.7. The average molecular weight is 522 g/mol. The number of halogens is 1. The first-order valence-corrected chi connectivity index (χ1v) is 11.5. The van der Waals surface area contributed by atoms with E-state index in [1.54, 1.807) is 0 Å². The van der Waals surface area contributed by atoms with Crippen molar-refractivity contribution in [1.29, 1.82) is 0 Å². The van der Waals surface area contributed by atoms with Gasteiger partial charge in [0, 0.05) is 32.5 Å². The maximum atomic E-state index is 12.9. The Morgan fingerprint density at radius 1 is 0.900 bits per heavy atom.